The molecule has 0 saturated heterocycles. The lowest BCUT2D eigenvalue weighted by molar-refractivity contribution is 0.273. The maximum Gasteiger partial charge on any atom is 0.329 e. The Morgan fingerprint density at radius 3 is 2.59 bits per heavy atom. The number of aromatic amines is 1. The van der Waals surface area contributed by atoms with E-state index in [0.717, 1.165) is 15.7 Å². The first kappa shape index (κ1) is 22.3. The van der Waals surface area contributed by atoms with Crippen molar-refractivity contribution in [3.05, 3.63) is 115 Å². The minimum absolute atomic E-state index is 0.0670. The van der Waals surface area contributed by atoms with Gasteiger partial charge in [-0.2, -0.15) is 4.98 Å². The van der Waals surface area contributed by atoms with Crippen LogP contribution in [0.2, 0.25) is 5.02 Å². The number of H-pyrrole nitrogens is 1. The topological polar surface area (TPSA) is 97.0 Å². The molecule has 4 aromatic rings. The van der Waals surface area contributed by atoms with Crippen LogP contribution in [0.5, 0.6) is 0 Å². The molecule has 0 fully saturated rings. The number of fused-ring (bicyclic) bond motifs is 1. The summed E-state index contributed by atoms with van der Waals surface area (Å²) in [5.74, 6) is 0.909. The SMILES string of the molecule is CC(Cc1noc(Cn2c(=O)[nH]c3c(c2=O)CN(Cc2ccccc2)C3)n1)c1ccc(Cl)cc1. The molecule has 0 radical (unpaired) electrons. The molecule has 0 amide bonds. The lowest BCUT2D eigenvalue weighted by Crippen LogP contribution is -2.38. The van der Waals surface area contributed by atoms with Crippen molar-refractivity contribution in [2.24, 2.45) is 0 Å². The van der Waals surface area contributed by atoms with Gasteiger partial charge in [0.05, 0.1) is 5.56 Å². The van der Waals surface area contributed by atoms with Crippen LogP contribution >= 0.6 is 11.6 Å². The smallest absolute Gasteiger partial charge is 0.329 e. The molecule has 0 saturated carbocycles. The van der Waals surface area contributed by atoms with Gasteiger partial charge in [-0.3, -0.25) is 14.3 Å². The van der Waals surface area contributed by atoms with Crippen molar-refractivity contribution in [3.63, 3.8) is 0 Å². The van der Waals surface area contributed by atoms with Gasteiger partial charge >= 0.3 is 5.69 Å². The highest BCUT2D eigenvalue weighted by molar-refractivity contribution is 6.30. The van der Waals surface area contributed by atoms with Gasteiger partial charge in [0, 0.05) is 36.8 Å². The molecule has 1 unspecified atom stereocenters. The van der Waals surface area contributed by atoms with Gasteiger partial charge in [-0.15, -0.1) is 0 Å². The van der Waals surface area contributed by atoms with Crippen LogP contribution in [0, 0.1) is 0 Å². The summed E-state index contributed by atoms with van der Waals surface area (Å²) in [6.45, 7) is 3.71. The zero-order valence-corrected chi connectivity index (χ0v) is 19.5. The molecule has 1 N–H and O–H groups in total. The molecule has 174 valence electrons. The van der Waals surface area contributed by atoms with E-state index in [0.29, 0.717) is 48.2 Å². The molecule has 0 aliphatic carbocycles. The van der Waals surface area contributed by atoms with E-state index in [-0.39, 0.29) is 23.9 Å². The molecule has 3 heterocycles. The second-order valence-electron chi connectivity index (χ2n) is 8.67. The van der Waals surface area contributed by atoms with Gasteiger partial charge in [-0.1, -0.05) is 66.1 Å². The number of halogens is 1. The summed E-state index contributed by atoms with van der Waals surface area (Å²) < 4.78 is 6.48. The van der Waals surface area contributed by atoms with Crippen molar-refractivity contribution >= 4 is 11.6 Å². The van der Waals surface area contributed by atoms with Crippen molar-refractivity contribution in [2.45, 2.75) is 45.4 Å². The highest BCUT2D eigenvalue weighted by atomic mass is 35.5. The quantitative estimate of drug-likeness (QED) is 0.437. The number of nitrogens with zero attached hydrogens (tertiary/aromatic N) is 4. The van der Waals surface area contributed by atoms with Gasteiger partial charge in [0.25, 0.3) is 5.56 Å². The molecule has 2 aromatic carbocycles. The molecule has 9 heteroatoms. The largest absolute Gasteiger partial charge is 0.337 e. The van der Waals surface area contributed by atoms with Crippen LogP contribution in [-0.2, 0) is 32.6 Å². The van der Waals surface area contributed by atoms with Crippen molar-refractivity contribution in [1.29, 1.82) is 0 Å². The summed E-state index contributed by atoms with van der Waals surface area (Å²) in [5.41, 5.74) is 2.76. The molecule has 34 heavy (non-hydrogen) atoms. The lowest BCUT2D eigenvalue weighted by Gasteiger charge is -2.13. The van der Waals surface area contributed by atoms with Crippen LogP contribution in [0.15, 0.2) is 68.7 Å². The molecule has 1 atom stereocenters. The van der Waals surface area contributed by atoms with E-state index in [9.17, 15) is 9.59 Å². The first-order valence-electron chi connectivity index (χ1n) is 11.1. The number of hydrogen-bond donors (Lipinski definition) is 1. The minimum Gasteiger partial charge on any atom is -0.337 e. The first-order valence-corrected chi connectivity index (χ1v) is 11.5. The normalized spacial score (nSPS) is 14.3. The maximum absolute atomic E-state index is 13.1. The van der Waals surface area contributed by atoms with Crippen LogP contribution in [0.3, 0.4) is 0 Å². The third-order valence-corrected chi connectivity index (χ3v) is 6.37. The monoisotopic (exact) mass is 477 g/mol. The Labute approximate surface area is 200 Å². The Balaban J connectivity index is 1.29. The van der Waals surface area contributed by atoms with Crippen LogP contribution < -0.4 is 11.2 Å². The summed E-state index contributed by atoms with van der Waals surface area (Å²) in [6, 6.07) is 17.7. The predicted octanol–water partition coefficient (Wildman–Crippen LogP) is 3.48. The zero-order chi connectivity index (χ0) is 23.7. The fourth-order valence-electron chi connectivity index (χ4n) is 4.31. The van der Waals surface area contributed by atoms with Crippen molar-refractivity contribution < 1.29 is 4.52 Å². The van der Waals surface area contributed by atoms with Gasteiger partial charge in [0.2, 0.25) is 5.89 Å². The number of benzene rings is 2. The van der Waals surface area contributed by atoms with Gasteiger partial charge in [0.1, 0.15) is 6.54 Å². The number of aromatic nitrogens is 4. The Kier molecular flexibility index (Phi) is 6.17. The lowest BCUT2D eigenvalue weighted by atomic mass is 9.98. The summed E-state index contributed by atoms with van der Waals surface area (Å²) in [7, 11) is 0. The Morgan fingerprint density at radius 2 is 1.82 bits per heavy atom. The molecule has 1 aliphatic rings. The summed E-state index contributed by atoms with van der Waals surface area (Å²) in [5, 5.41) is 4.72. The van der Waals surface area contributed by atoms with E-state index < -0.39 is 5.69 Å². The maximum atomic E-state index is 13.1. The van der Waals surface area contributed by atoms with E-state index in [2.05, 4.69) is 26.9 Å². The summed E-state index contributed by atoms with van der Waals surface area (Å²) in [4.78, 5) is 35.2. The van der Waals surface area contributed by atoms with Crippen LogP contribution in [0.1, 0.15) is 46.9 Å². The molecule has 1 aliphatic heterocycles. The van der Waals surface area contributed by atoms with E-state index in [1.807, 2.05) is 54.6 Å². The first-order chi connectivity index (χ1) is 16.5. The Hall–Kier alpha value is -3.49. The molecule has 0 bridgehead atoms. The third-order valence-electron chi connectivity index (χ3n) is 6.11. The van der Waals surface area contributed by atoms with E-state index in [1.54, 1.807) is 0 Å². The average molecular weight is 478 g/mol. The van der Waals surface area contributed by atoms with Crippen molar-refractivity contribution in [3.8, 4) is 0 Å². The molecule has 8 nitrogen and oxygen atoms in total. The third kappa shape index (κ3) is 4.73. The Morgan fingerprint density at radius 1 is 1.06 bits per heavy atom. The second-order valence-corrected chi connectivity index (χ2v) is 9.11. The fraction of sp³-hybridized carbons (Fsp3) is 0.280. The van der Waals surface area contributed by atoms with Crippen molar-refractivity contribution in [2.75, 3.05) is 0 Å². The number of hydrogen-bond acceptors (Lipinski definition) is 6. The minimum atomic E-state index is -0.473. The van der Waals surface area contributed by atoms with Crippen LogP contribution in [0.25, 0.3) is 0 Å². The van der Waals surface area contributed by atoms with Gasteiger partial charge < -0.3 is 9.51 Å². The standard InChI is InChI=1S/C25H24ClN5O3/c1-16(18-7-9-19(26)10-8-18)11-22-28-23(34-29-22)15-31-24(32)20-13-30(14-21(20)27-25(31)33)12-17-5-3-2-4-6-17/h2-10,16H,11-15H2,1H3,(H,27,33). The highest BCUT2D eigenvalue weighted by Gasteiger charge is 2.25. The molecule has 0 spiro atoms. The van der Waals surface area contributed by atoms with E-state index in [4.69, 9.17) is 16.1 Å². The molecule has 5 rings (SSSR count). The Bertz CT molecular complexity index is 1410. The summed E-state index contributed by atoms with van der Waals surface area (Å²) >= 11 is 5.96. The molecule has 2 aromatic heterocycles. The predicted molar refractivity (Wildman–Crippen MR) is 128 cm³/mol. The number of rotatable bonds is 7. The average Bonchev–Trinajstić information content (AvgIpc) is 3.44. The number of nitrogens with one attached hydrogen (secondary N) is 1. The van der Waals surface area contributed by atoms with E-state index in [1.165, 1.54) is 0 Å². The highest BCUT2D eigenvalue weighted by Crippen LogP contribution is 2.22. The van der Waals surface area contributed by atoms with Crippen LogP contribution in [0.4, 0.5) is 0 Å². The zero-order valence-electron chi connectivity index (χ0n) is 18.7. The van der Waals surface area contributed by atoms with Gasteiger partial charge in [-0.25, -0.2) is 4.79 Å². The van der Waals surface area contributed by atoms with Crippen LogP contribution in [-0.4, -0.2) is 24.6 Å². The van der Waals surface area contributed by atoms with E-state index >= 15 is 0 Å². The fourth-order valence-corrected chi connectivity index (χ4v) is 4.44. The molecular formula is C25H24ClN5O3. The second kappa shape index (κ2) is 9.40. The van der Waals surface area contributed by atoms with Crippen molar-refractivity contribution in [1.82, 2.24) is 24.6 Å². The van der Waals surface area contributed by atoms with Gasteiger partial charge in [-0.05, 0) is 29.2 Å². The summed E-state index contributed by atoms with van der Waals surface area (Å²) in [6.07, 6.45) is 0.565. The van der Waals surface area contributed by atoms with Gasteiger partial charge in [0.15, 0.2) is 5.82 Å². The molecular weight excluding hydrogens is 454 g/mol.